The molecule has 1 heterocycles. The minimum Gasteiger partial charge on any atom is -0.493 e. The quantitative estimate of drug-likeness (QED) is 0.334. The van der Waals surface area contributed by atoms with E-state index in [1.165, 1.54) is 0 Å². The lowest BCUT2D eigenvalue weighted by Crippen LogP contribution is -2.30. The largest absolute Gasteiger partial charge is 0.493 e. The molecule has 0 aliphatic heterocycles. The van der Waals surface area contributed by atoms with Crippen LogP contribution in [0.15, 0.2) is 65.1 Å². The summed E-state index contributed by atoms with van der Waals surface area (Å²) in [5.74, 6) is 3.63. The Morgan fingerprint density at radius 3 is 2.55 bits per heavy atom. The highest BCUT2D eigenvalue weighted by atomic mass is 32.2. The average molecular weight is 438 g/mol. The summed E-state index contributed by atoms with van der Waals surface area (Å²) in [6.07, 6.45) is 4.37. The zero-order valence-corrected chi connectivity index (χ0v) is 19.3. The smallest absolute Gasteiger partial charge is 0.247 e. The number of hydrogen-bond donors (Lipinski definition) is 0. The van der Waals surface area contributed by atoms with Crippen molar-refractivity contribution in [3.63, 3.8) is 0 Å². The number of para-hydroxylation sites is 1. The molecular weight excluding hydrogens is 406 g/mol. The maximum atomic E-state index is 5.82. The zero-order chi connectivity index (χ0) is 21.9. The first kappa shape index (κ1) is 23.1. The maximum absolute atomic E-state index is 5.82. The van der Waals surface area contributed by atoms with Crippen LogP contribution in [0.4, 0.5) is 0 Å². The first-order chi connectivity index (χ1) is 15.2. The van der Waals surface area contributed by atoms with Crippen molar-refractivity contribution in [2.45, 2.75) is 32.6 Å². The minimum absolute atomic E-state index is 0.554. The molecule has 0 amide bonds. The van der Waals surface area contributed by atoms with Gasteiger partial charge in [0.15, 0.2) is 0 Å². The van der Waals surface area contributed by atoms with Crippen molar-refractivity contribution in [2.24, 2.45) is 0 Å². The summed E-state index contributed by atoms with van der Waals surface area (Å²) in [5.41, 5.74) is 2.10. The summed E-state index contributed by atoms with van der Waals surface area (Å²) < 4.78 is 11.5. The van der Waals surface area contributed by atoms with Gasteiger partial charge in [-0.3, -0.25) is 4.90 Å². The van der Waals surface area contributed by atoms with E-state index in [0.29, 0.717) is 30.2 Å². The second kappa shape index (κ2) is 12.3. The van der Waals surface area contributed by atoms with Crippen LogP contribution in [0.3, 0.4) is 0 Å². The number of thioether (sulfide) groups is 1. The first-order valence-electron chi connectivity index (χ1n) is 10.7. The fourth-order valence-electron chi connectivity index (χ4n) is 3.09. The molecule has 164 valence electrons. The molecular formula is C25H31N3O2S. The van der Waals surface area contributed by atoms with Crippen LogP contribution in [0.1, 0.15) is 32.2 Å². The predicted molar refractivity (Wildman–Crippen MR) is 129 cm³/mol. The molecule has 2 aromatic carbocycles. The van der Waals surface area contributed by atoms with Crippen molar-refractivity contribution in [1.82, 2.24) is 15.1 Å². The number of nitrogens with zero attached hydrogens (tertiary/aromatic N) is 3. The molecule has 3 aromatic rings. The highest BCUT2D eigenvalue weighted by Gasteiger charge is 2.09. The van der Waals surface area contributed by atoms with Crippen LogP contribution in [0.25, 0.3) is 17.5 Å². The van der Waals surface area contributed by atoms with Gasteiger partial charge in [-0.1, -0.05) is 49.4 Å². The van der Waals surface area contributed by atoms with Crippen molar-refractivity contribution in [3.05, 3.63) is 72.1 Å². The van der Waals surface area contributed by atoms with Crippen LogP contribution >= 0.6 is 11.8 Å². The Kier molecular flexibility index (Phi) is 9.18. The molecule has 0 aliphatic rings. The van der Waals surface area contributed by atoms with Gasteiger partial charge in [0.25, 0.3) is 0 Å². The van der Waals surface area contributed by atoms with Crippen LogP contribution in [0.2, 0.25) is 0 Å². The van der Waals surface area contributed by atoms with Crippen LogP contribution in [-0.2, 0) is 5.75 Å². The summed E-state index contributed by atoms with van der Waals surface area (Å²) >= 11 is 1.72. The molecule has 1 aromatic heterocycles. The third-order valence-electron chi connectivity index (χ3n) is 4.88. The summed E-state index contributed by atoms with van der Waals surface area (Å²) in [7, 11) is 0. The molecule has 0 aliphatic carbocycles. The molecule has 0 N–H and O–H groups in total. The van der Waals surface area contributed by atoms with Gasteiger partial charge < -0.3 is 9.15 Å². The first-order valence-corrected chi connectivity index (χ1v) is 11.9. The monoisotopic (exact) mass is 437 g/mol. The van der Waals surface area contributed by atoms with Crippen LogP contribution in [0, 0.1) is 0 Å². The van der Waals surface area contributed by atoms with E-state index >= 15 is 0 Å². The van der Waals surface area contributed by atoms with Gasteiger partial charge in [-0.2, -0.15) is 0 Å². The minimum atomic E-state index is 0.554. The summed E-state index contributed by atoms with van der Waals surface area (Å²) in [6, 6.07) is 18.6. The van der Waals surface area contributed by atoms with E-state index in [1.807, 2.05) is 42.5 Å². The van der Waals surface area contributed by atoms with Gasteiger partial charge in [-0.25, -0.2) is 0 Å². The van der Waals surface area contributed by atoms with Crippen molar-refractivity contribution >= 4 is 17.8 Å². The molecule has 6 heteroatoms. The van der Waals surface area contributed by atoms with Gasteiger partial charge in [0.05, 0.1) is 12.4 Å². The second-order valence-corrected chi connectivity index (χ2v) is 8.53. The van der Waals surface area contributed by atoms with Crippen LogP contribution < -0.4 is 4.74 Å². The van der Waals surface area contributed by atoms with Gasteiger partial charge in [0.1, 0.15) is 5.75 Å². The fourth-order valence-corrected chi connectivity index (χ4v) is 3.73. The van der Waals surface area contributed by atoms with Gasteiger partial charge in [-0.15, -0.1) is 22.0 Å². The summed E-state index contributed by atoms with van der Waals surface area (Å²) in [4.78, 5) is 2.41. The van der Waals surface area contributed by atoms with Gasteiger partial charge in [-0.05, 0) is 50.2 Å². The van der Waals surface area contributed by atoms with Crippen molar-refractivity contribution in [2.75, 3.05) is 25.4 Å². The van der Waals surface area contributed by atoms with E-state index in [4.69, 9.17) is 9.15 Å². The topological polar surface area (TPSA) is 51.4 Å². The molecule has 5 nitrogen and oxygen atoms in total. The lowest BCUT2D eigenvalue weighted by Gasteiger charge is -2.22. The Morgan fingerprint density at radius 1 is 1.06 bits per heavy atom. The Balaban J connectivity index is 1.43. The van der Waals surface area contributed by atoms with E-state index < -0.39 is 0 Å². The number of hydrogen-bond acceptors (Lipinski definition) is 6. The number of aromatic nitrogens is 2. The predicted octanol–water partition coefficient (Wildman–Crippen LogP) is 5.79. The van der Waals surface area contributed by atoms with Gasteiger partial charge >= 0.3 is 0 Å². The van der Waals surface area contributed by atoms with Crippen molar-refractivity contribution in [3.8, 4) is 17.2 Å². The number of benzene rings is 2. The van der Waals surface area contributed by atoms with E-state index in [-0.39, 0.29) is 0 Å². The Morgan fingerprint density at radius 2 is 1.84 bits per heavy atom. The van der Waals surface area contributed by atoms with E-state index in [1.54, 1.807) is 11.8 Å². The standard InChI is InChI=1S/C25H31N3O2S/c1-4-28(20(2)3)16-8-9-21-12-14-22(15-13-21)25-27-26-24(30-25)19-31-18-17-29-23-10-6-5-7-11-23/h5-15,20H,4,16-19H2,1-3H3/b9-8+. The molecule has 0 spiro atoms. The SMILES string of the molecule is CCN(C/C=C/c1ccc(-c2nnc(CSCCOc3ccccc3)o2)cc1)C(C)C. The van der Waals surface area contributed by atoms with E-state index in [9.17, 15) is 0 Å². The Labute approximate surface area is 189 Å². The lowest BCUT2D eigenvalue weighted by atomic mass is 10.1. The maximum Gasteiger partial charge on any atom is 0.247 e. The van der Waals surface area contributed by atoms with E-state index in [0.717, 1.165) is 35.7 Å². The Hall–Kier alpha value is -2.57. The van der Waals surface area contributed by atoms with Crippen LogP contribution in [-0.4, -0.2) is 46.6 Å². The summed E-state index contributed by atoms with van der Waals surface area (Å²) in [5, 5.41) is 8.36. The molecule has 0 fully saturated rings. The van der Waals surface area contributed by atoms with Crippen molar-refractivity contribution < 1.29 is 9.15 Å². The normalized spacial score (nSPS) is 11.6. The average Bonchev–Trinajstić information content (AvgIpc) is 3.26. The third-order valence-corrected chi connectivity index (χ3v) is 5.78. The van der Waals surface area contributed by atoms with Gasteiger partial charge in [0, 0.05) is 23.9 Å². The number of rotatable bonds is 12. The number of likely N-dealkylation sites (N-methyl/N-ethyl adjacent to an activating group) is 1. The second-order valence-electron chi connectivity index (χ2n) is 7.42. The highest BCUT2D eigenvalue weighted by molar-refractivity contribution is 7.98. The fraction of sp³-hybridized carbons (Fsp3) is 0.360. The number of ether oxygens (including phenoxy) is 1. The van der Waals surface area contributed by atoms with Crippen molar-refractivity contribution in [1.29, 1.82) is 0 Å². The zero-order valence-electron chi connectivity index (χ0n) is 18.5. The lowest BCUT2D eigenvalue weighted by molar-refractivity contribution is 0.260. The molecule has 0 radical (unpaired) electrons. The molecule has 0 saturated heterocycles. The molecule has 0 saturated carbocycles. The van der Waals surface area contributed by atoms with Crippen LogP contribution in [0.5, 0.6) is 5.75 Å². The summed E-state index contributed by atoms with van der Waals surface area (Å²) in [6.45, 7) is 9.30. The third kappa shape index (κ3) is 7.56. The molecule has 0 unspecified atom stereocenters. The molecule has 0 atom stereocenters. The van der Waals surface area contributed by atoms with E-state index in [2.05, 4.69) is 60.2 Å². The molecule has 3 rings (SSSR count). The highest BCUT2D eigenvalue weighted by Crippen LogP contribution is 2.21. The molecule has 0 bridgehead atoms. The molecule has 31 heavy (non-hydrogen) atoms. The Bertz CT molecular complexity index is 923. The van der Waals surface area contributed by atoms with Gasteiger partial charge in [0.2, 0.25) is 11.8 Å².